The summed E-state index contributed by atoms with van der Waals surface area (Å²) < 4.78 is 10.3. The smallest absolute Gasteiger partial charge is 0.342 e. The first kappa shape index (κ1) is 15.0. The molecule has 1 heterocycles. The van der Waals surface area contributed by atoms with Crippen LogP contribution in [0.1, 0.15) is 15.9 Å². The van der Waals surface area contributed by atoms with E-state index >= 15 is 0 Å². The number of carbonyl (C=O) groups excluding carboxylic acids is 1. The number of nitrogens with zero attached hydrogens (tertiary/aromatic N) is 1. The van der Waals surface area contributed by atoms with Crippen molar-refractivity contribution >= 4 is 18.4 Å². The highest BCUT2D eigenvalue weighted by Gasteiger charge is 2.12. The van der Waals surface area contributed by atoms with Gasteiger partial charge in [-0.25, -0.2) is 4.79 Å². The summed E-state index contributed by atoms with van der Waals surface area (Å²) >= 11 is 0. The van der Waals surface area contributed by atoms with Crippen molar-refractivity contribution in [3.63, 3.8) is 0 Å². The number of halogens is 1. The van der Waals surface area contributed by atoms with Crippen molar-refractivity contribution in [2.75, 3.05) is 7.11 Å². The Kier molecular flexibility index (Phi) is 5.82. The molecule has 0 saturated heterocycles. The summed E-state index contributed by atoms with van der Waals surface area (Å²) in [5.41, 5.74) is 1.32. The van der Waals surface area contributed by atoms with E-state index in [1.54, 1.807) is 48.8 Å². The fraction of sp³-hybridized carbons (Fsp3) is 0.143. The Morgan fingerprint density at radius 2 is 1.84 bits per heavy atom. The predicted octanol–water partition coefficient (Wildman–Crippen LogP) is 2.87. The number of rotatable bonds is 4. The van der Waals surface area contributed by atoms with Crippen LogP contribution in [-0.2, 0) is 11.3 Å². The van der Waals surface area contributed by atoms with E-state index in [0.717, 1.165) is 5.56 Å². The largest absolute Gasteiger partial charge is 0.496 e. The fourth-order valence-electron chi connectivity index (χ4n) is 1.52. The zero-order valence-corrected chi connectivity index (χ0v) is 11.2. The van der Waals surface area contributed by atoms with Crippen LogP contribution >= 0.6 is 12.4 Å². The lowest BCUT2D eigenvalue weighted by Gasteiger charge is -2.08. The number of hydrogen-bond acceptors (Lipinski definition) is 4. The number of methoxy groups -OCH3 is 1. The molecule has 0 atom stereocenters. The SMILES string of the molecule is COc1ccccc1C(=O)OCc1ccncc1.Cl. The molecule has 19 heavy (non-hydrogen) atoms. The summed E-state index contributed by atoms with van der Waals surface area (Å²) in [5.74, 6) is 0.112. The molecule has 0 fully saturated rings. The van der Waals surface area contributed by atoms with Gasteiger partial charge in [-0.3, -0.25) is 4.98 Å². The van der Waals surface area contributed by atoms with Crippen LogP contribution in [0.3, 0.4) is 0 Å². The van der Waals surface area contributed by atoms with E-state index in [9.17, 15) is 4.79 Å². The average molecular weight is 280 g/mol. The molecule has 2 rings (SSSR count). The number of esters is 1. The molecular weight excluding hydrogens is 266 g/mol. The van der Waals surface area contributed by atoms with Crippen molar-refractivity contribution < 1.29 is 14.3 Å². The second-order valence-corrected chi connectivity index (χ2v) is 3.63. The summed E-state index contributed by atoms with van der Waals surface area (Å²) in [6.07, 6.45) is 3.32. The molecule has 0 aliphatic heterocycles. The lowest BCUT2D eigenvalue weighted by atomic mass is 10.2. The van der Waals surface area contributed by atoms with E-state index in [1.165, 1.54) is 7.11 Å². The number of pyridine rings is 1. The van der Waals surface area contributed by atoms with E-state index in [1.807, 2.05) is 0 Å². The lowest BCUT2D eigenvalue weighted by Crippen LogP contribution is -2.07. The molecule has 1 aromatic carbocycles. The van der Waals surface area contributed by atoms with Gasteiger partial charge in [0.15, 0.2) is 0 Å². The van der Waals surface area contributed by atoms with Crippen LogP contribution in [0.4, 0.5) is 0 Å². The minimum absolute atomic E-state index is 0. The number of hydrogen-bond donors (Lipinski definition) is 0. The van der Waals surface area contributed by atoms with Gasteiger partial charge in [-0.15, -0.1) is 12.4 Å². The first-order valence-corrected chi connectivity index (χ1v) is 5.50. The average Bonchev–Trinajstić information content (AvgIpc) is 2.45. The van der Waals surface area contributed by atoms with Crippen LogP contribution in [-0.4, -0.2) is 18.1 Å². The highest BCUT2D eigenvalue weighted by molar-refractivity contribution is 5.92. The van der Waals surface area contributed by atoms with Crippen LogP contribution < -0.4 is 4.74 Å². The fourth-order valence-corrected chi connectivity index (χ4v) is 1.52. The Bertz CT molecular complexity index is 531. The Hall–Kier alpha value is -2.07. The number of aromatic nitrogens is 1. The summed E-state index contributed by atoms with van der Waals surface area (Å²) in [5, 5.41) is 0. The van der Waals surface area contributed by atoms with E-state index in [0.29, 0.717) is 11.3 Å². The van der Waals surface area contributed by atoms with Crippen LogP contribution in [0.2, 0.25) is 0 Å². The topological polar surface area (TPSA) is 48.4 Å². The van der Waals surface area contributed by atoms with E-state index in [-0.39, 0.29) is 19.0 Å². The van der Waals surface area contributed by atoms with Crippen molar-refractivity contribution in [1.82, 2.24) is 4.98 Å². The summed E-state index contributed by atoms with van der Waals surface area (Å²) in [6.45, 7) is 0.222. The maximum absolute atomic E-state index is 11.9. The zero-order valence-electron chi connectivity index (χ0n) is 10.4. The van der Waals surface area contributed by atoms with Crippen molar-refractivity contribution in [3.8, 4) is 5.75 Å². The molecule has 5 heteroatoms. The molecule has 0 aliphatic carbocycles. The molecule has 0 saturated carbocycles. The molecular formula is C14H14ClNO3. The lowest BCUT2D eigenvalue weighted by molar-refractivity contribution is 0.0469. The maximum Gasteiger partial charge on any atom is 0.342 e. The van der Waals surface area contributed by atoms with Gasteiger partial charge in [-0.2, -0.15) is 0 Å². The van der Waals surface area contributed by atoms with Gasteiger partial charge in [0.1, 0.15) is 17.9 Å². The van der Waals surface area contributed by atoms with Gasteiger partial charge in [0.25, 0.3) is 0 Å². The highest BCUT2D eigenvalue weighted by atomic mass is 35.5. The molecule has 0 radical (unpaired) electrons. The number of benzene rings is 1. The molecule has 0 unspecified atom stereocenters. The number of carbonyl (C=O) groups is 1. The standard InChI is InChI=1S/C14H13NO3.ClH/c1-17-13-5-3-2-4-12(13)14(16)18-10-11-6-8-15-9-7-11;/h2-9H,10H2,1H3;1H. The summed E-state index contributed by atoms with van der Waals surface area (Å²) in [6, 6.07) is 10.6. The monoisotopic (exact) mass is 279 g/mol. The third-order valence-corrected chi connectivity index (χ3v) is 2.45. The van der Waals surface area contributed by atoms with E-state index < -0.39 is 5.97 Å². The number of para-hydroxylation sites is 1. The van der Waals surface area contributed by atoms with Gasteiger partial charge < -0.3 is 9.47 Å². The van der Waals surface area contributed by atoms with Crippen LogP contribution in [0.5, 0.6) is 5.75 Å². The maximum atomic E-state index is 11.9. The second-order valence-electron chi connectivity index (χ2n) is 3.63. The molecule has 0 aliphatic rings. The normalized spacial score (nSPS) is 9.32. The van der Waals surface area contributed by atoms with Gasteiger partial charge in [-0.05, 0) is 29.8 Å². The predicted molar refractivity (Wildman–Crippen MR) is 73.6 cm³/mol. The van der Waals surface area contributed by atoms with Crippen molar-refractivity contribution in [2.45, 2.75) is 6.61 Å². The second kappa shape index (κ2) is 7.38. The van der Waals surface area contributed by atoms with Crippen molar-refractivity contribution in [1.29, 1.82) is 0 Å². The molecule has 0 N–H and O–H groups in total. The first-order chi connectivity index (χ1) is 8.81. The van der Waals surface area contributed by atoms with Gasteiger partial charge in [-0.1, -0.05) is 12.1 Å². The minimum atomic E-state index is -0.399. The molecule has 0 spiro atoms. The third-order valence-electron chi connectivity index (χ3n) is 2.45. The summed E-state index contributed by atoms with van der Waals surface area (Å²) in [4.78, 5) is 15.8. The third kappa shape index (κ3) is 3.96. The van der Waals surface area contributed by atoms with E-state index in [4.69, 9.17) is 9.47 Å². The minimum Gasteiger partial charge on any atom is -0.496 e. The van der Waals surface area contributed by atoms with Crippen molar-refractivity contribution in [2.24, 2.45) is 0 Å². The molecule has 0 bridgehead atoms. The molecule has 4 nitrogen and oxygen atoms in total. The molecule has 100 valence electrons. The van der Waals surface area contributed by atoms with Crippen molar-refractivity contribution in [3.05, 3.63) is 59.9 Å². The molecule has 1 aromatic heterocycles. The zero-order chi connectivity index (χ0) is 12.8. The van der Waals surface area contributed by atoms with E-state index in [2.05, 4.69) is 4.98 Å². The Labute approximate surface area is 117 Å². The Balaban J connectivity index is 0.00000180. The molecule has 0 amide bonds. The van der Waals surface area contributed by atoms with Gasteiger partial charge in [0.05, 0.1) is 7.11 Å². The van der Waals surface area contributed by atoms with Gasteiger partial charge >= 0.3 is 5.97 Å². The van der Waals surface area contributed by atoms with Gasteiger partial charge in [0, 0.05) is 12.4 Å². The number of ether oxygens (including phenoxy) is 2. The van der Waals surface area contributed by atoms with Crippen LogP contribution in [0, 0.1) is 0 Å². The van der Waals surface area contributed by atoms with Crippen LogP contribution in [0.25, 0.3) is 0 Å². The first-order valence-electron chi connectivity index (χ1n) is 5.50. The summed E-state index contributed by atoms with van der Waals surface area (Å²) in [7, 11) is 1.52. The molecule has 2 aromatic rings. The Morgan fingerprint density at radius 3 is 2.53 bits per heavy atom. The highest BCUT2D eigenvalue weighted by Crippen LogP contribution is 2.18. The van der Waals surface area contributed by atoms with Crippen LogP contribution in [0.15, 0.2) is 48.8 Å². The quantitative estimate of drug-likeness (QED) is 0.808. The van der Waals surface area contributed by atoms with Gasteiger partial charge in [0.2, 0.25) is 0 Å². The Morgan fingerprint density at radius 1 is 1.16 bits per heavy atom.